The van der Waals surface area contributed by atoms with Gasteiger partial charge in [0.15, 0.2) is 0 Å². The molecule has 0 unspecified atom stereocenters. The fourth-order valence-corrected chi connectivity index (χ4v) is 2.91. The van der Waals surface area contributed by atoms with Crippen LogP contribution < -0.4 is 10.6 Å². The number of aromatic nitrogens is 2. The Morgan fingerprint density at radius 2 is 1.68 bits per heavy atom. The van der Waals surface area contributed by atoms with E-state index in [0.717, 1.165) is 17.3 Å². The lowest BCUT2D eigenvalue weighted by Gasteiger charge is -2.19. The number of benzene rings is 1. The molecule has 152 valence electrons. The molecule has 1 aromatic heterocycles. The predicted molar refractivity (Wildman–Crippen MR) is 109 cm³/mol. The monoisotopic (exact) mass is 404 g/mol. The van der Waals surface area contributed by atoms with Gasteiger partial charge < -0.3 is 15.1 Å². The summed E-state index contributed by atoms with van der Waals surface area (Å²) in [5, 5.41) is 13.7. The van der Waals surface area contributed by atoms with E-state index < -0.39 is 0 Å². The summed E-state index contributed by atoms with van der Waals surface area (Å²) in [5.41, 5.74) is 1.49. The molecule has 1 heterocycles. The zero-order valence-electron chi connectivity index (χ0n) is 17.3. The lowest BCUT2D eigenvalue weighted by Crippen LogP contribution is -2.41. The first-order valence-corrected chi connectivity index (χ1v) is 10.1. The zero-order valence-corrected chi connectivity index (χ0v) is 18.1. The minimum atomic E-state index is -0.285. The molecule has 0 saturated heterocycles. The summed E-state index contributed by atoms with van der Waals surface area (Å²) in [4.78, 5) is 24.1. The topological polar surface area (TPSA) is 97.1 Å². The largest absolute Gasteiger partial charge is 0.414 e. The number of carbonyl (C=O) groups is 2. The molecule has 2 rings (SSSR count). The minimum absolute atomic E-state index is 0.0383. The fraction of sp³-hybridized carbons (Fsp3) is 0.500. The van der Waals surface area contributed by atoms with Crippen molar-refractivity contribution in [2.45, 2.75) is 64.3 Å². The molecule has 0 fully saturated rings. The van der Waals surface area contributed by atoms with Gasteiger partial charge in [0, 0.05) is 11.1 Å². The van der Waals surface area contributed by atoms with Crippen molar-refractivity contribution in [1.82, 2.24) is 20.8 Å². The first kappa shape index (κ1) is 21.9. The quantitative estimate of drug-likeness (QED) is 0.717. The van der Waals surface area contributed by atoms with Crippen LogP contribution in [0.25, 0.3) is 0 Å². The van der Waals surface area contributed by atoms with Crippen molar-refractivity contribution in [2.24, 2.45) is 0 Å². The molecule has 0 spiro atoms. The van der Waals surface area contributed by atoms with E-state index in [4.69, 9.17) is 4.42 Å². The van der Waals surface area contributed by atoms with Gasteiger partial charge in [-0.25, -0.2) is 0 Å². The van der Waals surface area contributed by atoms with Crippen LogP contribution in [0.5, 0.6) is 0 Å². The third kappa shape index (κ3) is 6.99. The summed E-state index contributed by atoms with van der Waals surface area (Å²) in [6.07, 6.45) is 0. The third-order valence-corrected chi connectivity index (χ3v) is 4.52. The molecule has 0 radical (unpaired) electrons. The van der Waals surface area contributed by atoms with E-state index in [1.54, 1.807) is 12.1 Å². The van der Waals surface area contributed by atoms with Gasteiger partial charge in [-0.05, 0) is 43.9 Å². The second-order valence-corrected chi connectivity index (χ2v) is 9.49. The van der Waals surface area contributed by atoms with Crippen molar-refractivity contribution in [3.63, 3.8) is 0 Å². The van der Waals surface area contributed by atoms with E-state index in [0.29, 0.717) is 16.7 Å². The second kappa shape index (κ2) is 8.77. The molecule has 28 heavy (non-hydrogen) atoms. The van der Waals surface area contributed by atoms with Gasteiger partial charge >= 0.3 is 0 Å². The number of hydrogen-bond acceptors (Lipinski definition) is 6. The summed E-state index contributed by atoms with van der Waals surface area (Å²) >= 11 is 1.16. The first-order chi connectivity index (χ1) is 12.9. The molecule has 8 heteroatoms. The first-order valence-electron chi connectivity index (χ1n) is 9.09. The van der Waals surface area contributed by atoms with Crippen LogP contribution >= 0.6 is 11.8 Å². The Bertz CT molecular complexity index is 817. The summed E-state index contributed by atoms with van der Waals surface area (Å²) < 4.78 is 5.46. The van der Waals surface area contributed by atoms with Crippen molar-refractivity contribution in [3.05, 3.63) is 41.3 Å². The normalized spacial score (nSPS) is 11.9. The molecule has 7 nitrogen and oxygen atoms in total. The molecule has 2 aromatic rings. The molecule has 0 aliphatic heterocycles. The van der Waals surface area contributed by atoms with E-state index in [2.05, 4.69) is 41.6 Å². The lowest BCUT2D eigenvalue weighted by molar-refractivity contribution is -0.119. The maximum absolute atomic E-state index is 12.3. The number of hydrogen-bond donors (Lipinski definition) is 2. The van der Waals surface area contributed by atoms with Crippen molar-refractivity contribution in [3.8, 4) is 0 Å². The van der Waals surface area contributed by atoms with Crippen molar-refractivity contribution in [2.75, 3.05) is 5.75 Å². The van der Waals surface area contributed by atoms with Gasteiger partial charge in [-0.15, -0.1) is 10.2 Å². The number of amides is 2. The van der Waals surface area contributed by atoms with E-state index >= 15 is 0 Å². The highest BCUT2D eigenvalue weighted by Crippen LogP contribution is 2.22. The van der Waals surface area contributed by atoms with Gasteiger partial charge in [0.25, 0.3) is 11.1 Å². The van der Waals surface area contributed by atoms with Crippen LogP contribution in [-0.4, -0.2) is 33.3 Å². The number of nitrogens with zero attached hydrogens (tertiary/aromatic N) is 2. The van der Waals surface area contributed by atoms with Crippen molar-refractivity contribution >= 4 is 23.6 Å². The number of carbonyl (C=O) groups excluding carboxylic acids is 2. The van der Waals surface area contributed by atoms with Gasteiger partial charge in [0.05, 0.1) is 12.3 Å². The Hall–Kier alpha value is -2.35. The van der Waals surface area contributed by atoms with Crippen LogP contribution in [0.15, 0.2) is 33.9 Å². The Balaban J connectivity index is 1.83. The highest BCUT2D eigenvalue weighted by molar-refractivity contribution is 7.99. The molecule has 0 aliphatic carbocycles. The van der Waals surface area contributed by atoms with Crippen LogP contribution in [-0.2, 0) is 16.8 Å². The summed E-state index contributed by atoms with van der Waals surface area (Å²) in [6.45, 7) is 12.3. The smallest absolute Gasteiger partial charge is 0.277 e. The van der Waals surface area contributed by atoms with E-state index in [9.17, 15) is 9.59 Å². The number of rotatable bonds is 6. The van der Waals surface area contributed by atoms with Gasteiger partial charge in [-0.2, -0.15) is 0 Å². The fourth-order valence-electron chi connectivity index (χ4n) is 2.33. The van der Waals surface area contributed by atoms with Gasteiger partial charge in [0.2, 0.25) is 11.8 Å². The van der Waals surface area contributed by atoms with Crippen molar-refractivity contribution < 1.29 is 14.0 Å². The van der Waals surface area contributed by atoms with E-state index in [1.165, 1.54) is 0 Å². The molecular formula is C20H28N4O3S. The standard InChI is InChI=1S/C20H28N4O3S/c1-19(2,3)14-9-7-13(8-10-14)17(26)21-11-16-23-24-18(27-16)28-12-15(25)22-20(4,5)6/h7-10H,11-12H2,1-6H3,(H,21,26)(H,22,25). The highest BCUT2D eigenvalue weighted by Gasteiger charge is 2.17. The Labute approximate surface area is 170 Å². The van der Waals surface area contributed by atoms with Crippen LogP contribution in [0.4, 0.5) is 0 Å². The average molecular weight is 405 g/mol. The molecule has 0 bridgehead atoms. The van der Waals surface area contributed by atoms with Crippen LogP contribution in [0, 0.1) is 0 Å². The van der Waals surface area contributed by atoms with Crippen LogP contribution in [0.3, 0.4) is 0 Å². The minimum Gasteiger partial charge on any atom is -0.414 e. The molecule has 2 N–H and O–H groups in total. The van der Waals surface area contributed by atoms with Crippen molar-refractivity contribution in [1.29, 1.82) is 0 Å². The summed E-state index contributed by atoms with van der Waals surface area (Å²) in [7, 11) is 0. The summed E-state index contributed by atoms with van der Waals surface area (Å²) in [5.74, 6) is 0.158. The van der Waals surface area contributed by atoms with Crippen LogP contribution in [0.2, 0.25) is 0 Å². The molecule has 0 aliphatic rings. The maximum atomic E-state index is 12.3. The van der Waals surface area contributed by atoms with Gasteiger partial charge in [-0.3, -0.25) is 9.59 Å². The predicted octanol–water partition coefficient (Wildman–Crippen LogP) is 3.30. The van der Waals surface area contributed by atoms with E-state index in [-0.39, 0.29) is 35.1 Å². The maximum Gasteiger partial charge on any atom is 0.277 e. The van der Waals surface area contributed by atoms with E-state index in [1.807, 2.05) is 32.9 Å². The Morgan fingerprint density at radius 1 is 1.04 bits per heavy atom. The Kier molecular flexibility index (Phi) is 6.87. The zero-order chi connectivity index (χ0) is 20.9. The lowest BCUT2D eigenvalue weighted by atomic mass is 9.87. The molecule has 0 saturated carbocycles. The molecule has 0 atom stereocenters. The van der Waals surface area contributed by atoms with Gasteiger partial charge in [0.1, 0.15) is 0 Å². The third-order valence-electron chi connectivity index (χ3n) is 3.70. The molecule has 1 aromatic carbocycles. The SMILES string of the molecule is CC(C)(C)NC(=O)CSc1nnc(CNC(=O)c2ccc(C(C)(C)C)cc2)o1. The van der Waals surface area contributed by atoms with Gasteiger partial charge in [-0.1, -0.05) is 44.7 Å². The highest BCUT2D eigenvalue weighted by atomic mass is 32.2. The van der Waals surface area contributed by atoms with Crippen LogP contribution in [0.1, 0.15) is 63.4 Å². The molecular weight excluding hydrogens is 376 g/mol. The summed E-state index contributed by atoms with van der Waals surface area (Å²) in [6, 6.07) is 7.52. The number of nitrogens with one attached hydrogen (secondary N) is 2. The second-order valence-electron chi connectivity index (χ2n) is 8.56. The average Bonchev–Trinajstić information content (AvgIpc) is 3.04. The molecule has 2 amide bonds. The Morgan fingerprint density at radius 3 is 2.25 bits per heavy atom. The number of thioether (sulfide) groups is 1.